The third-order valence-electron chi connectivity index (χ3n) is 3.90. The minimum atomic E-state index is -0.279. The fraction of sp³-hybridized carbons (Fsp3) is 0.211. The van der Waals surface area contributed by atoms with E-state index in [1.54, 1.807) is 0 Å². The van der Waals surface area contributed by atoms with Crippen LogP contribution in [-0.4, -0.2) is 36.9 Å². The van der Waals surface area contributed by atoms with Crippen molar-refractivity contribution in [3.05, 3.63) is 58.6 Å². The molecule has 1 amide bonds. The van der Waals surface area contributed by atoms with Gasteiger partial charge in [-0.2, -0.15) is 10.4 Å². The van der Waals surface area contributed by atoms with E-state index in [4.69, 9.17) is 26.3 Å². The number of amides is 1. The highest BCUT2D eigenvalue weighted by atomic mass is 35.5. The minimum Gasteiger partial charge on any atom is -0.493 e. The molecule has 7 heteroatoms. The predicted octanol–water partition coefficient (Wildman–Crippen LogP) is 3.24. The lowest BCUT2D eigenvalue weighted by Gasteiger charge is -2.15. The van der Waals surface area contributed by atoms with Gasteiger partial charge in [-0.05, 0) is 11.6 Å². The maximum Gasteiger partial charge on any atom is 0.280 e. The third kappa shape index (κ3) is 3.79. The molecule has 0 spiro atoms. The van der Waals surface area contributed by atoms with Gasteiger partial charge < -0.3 is 9.47 Å². The third-order valence-corrected chi connectivity index (χ3v) is 4.18. The van der Waals surface area contributed by atoms with E-state index in [1.165, 1.54) is 24.3 Å². The summed E-state index contributed by atoms with van der Waals surface area (Å²) in [5.41, 5.74) is 2.22. The summed E-state index contributed by atoms with van der Waals surface area (Å²) in [6.07, 6.45) is 0.691. The first kappa shape index (κ1) is 17.8. The minimum absolute atomic E-state index is 0.212. The van der Waals surface area contributed by atoms with E-state index in [0.29, 0.717) is 24.3 Å². The number of benzene rings is 2. The van der Waals surface area contributed by atoms with E-state index in [0.717, 1.165) is 11.3 Å². The zero-order valence-electron chi connectivity index (χ0n) is 14.1. The summed E-state index contributed by atoms with van der Waals surface area (Å²) in [6, 6.07) is 14.7. The van der Waals surface area contributed by atoms with Gasteiger partial charge in [-0.1, -0.05) is 41.9 Å². The van der Waals surface area contributed by atoms with Gasteiger partial charge in [0.25, 0.3) is 5.91 Å². The number of halogens is 1. The number of hydrogen-bond donors (Lipinski definition) is 0. The lowest BCUT2D eigenvalue weighted by Crippen LogP contribution is -2.29. The first-order valence-corrected chi connectivity index (χ1v) is 8.34. The SMILES string of the molecule is COc1cc(C#N)cc(Cl)c1OCC(=O)N1CCC(c2ccccc2)=N1. The largest absolute Gasteiger partial charge is 0.493 e. The molecule has 3 rings (SSSR count). The van der Waals surface area contributed by atoms with Crippen molar-refractivity contribution >= 4 is 23.2 Å². The molecule has 1 aliphatic heterocycles. The highest BCUT2D eigenvalue weighted by Gasteiger charge is 2.23. The standard InChI is InChI=1S/C19H16ClN3O3/c1-25-17-10-13(11-21)9-15(20)19(17)26-12-18(24)23-8-7-16(22-23)14-5-3-2-4-6-14/h2-6,9-10H,7-8,12H2,1H3. The molecular weight excluding hydrogens is 354 g/mol. The number of hydrazone groups is 1. The Kier molecular flexibility index (Phi) is 5.40. The van der Waals surface area contributed by atoms with Crippen LogP contribution in [-0.2, 0) is 4.79 Å². The molecule has 0 N–H and O–H groups in total. The summed E-state index contributed by atoms with van der Waals surface area (Å²) in [4.78, 5) is 12.4. The van der Waals surface area contributed by atoms with Gasteiger partial charge in [0.05, 0.1) is 36.0 Å². The number of carbonyl (C=O) groups excluding carboxylic acids is 1. The van der Waals surface area contributed by atoms with Crippen molar-refractivity contribution < 1.29 is 14.3 Å². The molecule has 0 saturated heterocycles. The Bertz CT molecular complexity index is 891. The van der Waals surface area contributed by atoms with Crippen molar-refractivity contribution in [1.82, 2.24) is 5.01 Å². The average Bonchev–Trinajstić information content (AvgIpc) is 3.17. The number of hydrogen-bond acceptors (Lipinski definition) is 5. The number of nitrogens with zero attached hydrogens (tertiary/aromatic N) is 3. The number of nitriles is 1. The van der Waals surface area contributed by atoms with Gasteiger partial charge in [-0.15, -0.1) is 0 Å². The fourth-order valence-corrected chi connectivity index (χ4v) is 2.87. The van der Waals surface area contributed by atoms with Crippen molar-refractivity contribution in [2.24, 2.45) is 5.10 Å². The molecule has 6 nitrogen and oxygen atoms in total. The maximum absolute atomic E-state index is 12.4. The second-order valence-corrected chi connectivity index (χ2v) is 5.98. The van der Waals surface area contributed by atoms with Crippen molar-refractivity contribution in [3.8, 4) is 17.6 Å². The van der Waals surface area contributed by atoms with Crippen LogP contribution in [0.1, 0.15) is 17.5 Å². The van der Waals surface area contributed by atoms with Crippen molar-refractivity contribution in [2.45, 2.75) is 6.42 Å². The topological polar surface area (TPSA) is 74.9 Å². The summed E-state index contributed by atoms with van der Waals surface area (Å²) in [7, 11) is 1.44. The molecule has 26 heavy (non-hydrogen) atoms. The summed E-state index contributed by atoms with van der Waals surface area (Å²) in [5, 5.41) is 15.0. The zero-order chi connectivity index (χ0) is 18.5. The highest BCUT2D eigenvalue weighted by molar-refractivity contribution is 6.32. The second-order valence-electron chi connectivity index (χ2n) is 5.57. The van der Waals surface area contributed by atoms with Crippen molar-refractivity contribution in [3.63, 3.8) is 0 Å². The van der Waals surface area contributed by atoms with Gasteiger partial charge in [0, 0.05) is 12.5 Å². The molecule has 0 saturated carbocycles. The van der Waals surface area contributed by atoms with Crippen LogP contribution in [0.3, 0.4) is 0 Å². The van der Waals surface area contributed by atoms with E-state index in [9.17, 15) is 4.79 Å². The summed E-state index contributed by atoms with van der Waals surface area (Å²) in [5.74, 6) is 0.253. The number of ether oxygens (including phenoxy) is 2. The Morgan fingerprint density at radius 1 is 1.35 bits per heavy atom. The smallest absolute Gasteiger partial charge is 0.280 e. The van der Waals surface area contributed by atoms with Gasteiger partial charge in [0.2, 0.25) is 0 Å². The fourth-order valence-electron chi connectivity index (χ4n) is 2.60. The normalized spacial score (nSPS) is 13.1. The zero-order valence-corrected chi connectivity index (χ0v) is 14.9. The Morgan fingerprint density at radius 3 is 2.81 bits per heavy atom. The van der Waals surface area contributed by atoms with Gasteiger partial charge in [0.1, 0.15) is 0 Å². The van der Waals surface area contributed by atoms with Crippen LogP contribution in [0.4, 0.5) is 0 Å². The van der Waals surface area contributed by atoms with Crippen LogP contribution in [0.2, 0.25) is 5.02 Å². The Morgan fingerprint density at radius 2 is 2.12 bits per heavy atom. The first-order valence-electron chi connectivity index (χ1n) is 7.96. The Hall–Kier alpha value is -3.04. The molecule has 0 unspecified atom stereocenters. The average molecular weight is 370 g/mol. The number of methoxy groups -OCH3 is 1. The van der Waals surface area contributed by atoms with Gasteiger partial charge in [-0.25, -0.2) is 5.01 Å². The van der Waals surface area contributed by atoms with E-state index in [-0.39, 0.29) is 23.3 Å². The number of carbonyl (C=O) groups is 1. The second kappa shape index (κ2) is 7.89. The molecule has 1 aliphatic rings. The molecule has 1 heterocycles. The van der Waals surface area contributed by atoms with Crippen LogP contribution in [0.25, 0.3) is 0 Å². The molecule has 0 fully saturated rings. The molecule has 2 aromatic rings. The summed E-state index contributed by atoms with van der Waals surface area (Å²) >= 11 is 6.13. The van der Waals surface area contributed by atoms with Crippen LogP contribution in [0, 0.1) is 11.3 Å². The van der Waals surface area contributed by atoms with Gasteiger partial charge in [-0.3, -0.25) is 4.79 Å². The number of rotatable bonds is 5. The van der Waals surface area contributed by atoms with Crippen LogP contribution >= 0.6 is 11.6 Å². The van der Waals surface area contributed by atoms with E-state index in [2.05, 4.69) is 5.10 Å². The summed E-state index contributed by atoms with van der Waals surface area (Å²) < 4.78 is 10.7. The lowest BCUT2D eigenvalue weighted by atomic mass is 10.1. The molecule has 0 bridgehead atoms. The molecule has 0 radical (unpaired) electrons. The van der Waals surface area contributed by atoms with Crippen molar-refractivity contribution in [2.75, 3.05) is 20.3 Å². The monoisotopic (exact) mass is 369 g/mol. The van der Waals surface area contributed by atoms with Gasteiger partial charge in [0.15, 0.2) is 18.1 Å². The molecular formula is C19H16ClN3O3. The Balaban J connectivity index is 1.69. The highest BCUT2D eigenvalue weighted by Crippen LogP contribution is 2.36. The van der Waals surface area contributed by atoms with E-state index in [1.807, 2.05) is 36.4 Å². The summed E-state index contributed by atoms with van der Waals surface area (Å²) in [6.45, 7) is 0.276. The molecule has 0 aromatic heterocycles. The molecule has 132 valence electrons. The molecule has 2 aromatic carbocycles. The van der Waals surface area contributed by atoms with Crippen LogP contribution < -0.4 is 9.47 Å². The van der Waals surface area contributed by atoms with Gasteiger partial charge >= 0.3 is 0 Å². The van der Waals surface area contributed by atoms with Crippen LogP contribution in [0.15, 0.2) is 47.6 Å². The lowest BCUT2D eigenvalue weighted by molar-refractivity contribution is -0.132. The molecule has 0 atom stereocenters. The quantitative estimate of drug-likeness (QED) is 0.810. The van der Waals surface area contributed by atoms with Crippen LogP contribution in [0.5, 0.6) is 11.5 Å². The first-order chi connectivity index (χ1) is 12.6. The Labute approximate surface area is 156 Å². The molecule has 0 aliphatic carbocycles. The van der Waals surface area contributed by atoms with E-state index < -0.39 is 0 Å². The van der Waals surface area contributed by atoms with E-state index >= 15 is 0 Å². The maximum atomic E-state index is 12.4. The van der Waals surface area contributed by atoms with Crippen molar-refractivity contribution in [1.29, 1.82) is 5.26 Å². The predicted molar refractivity (Wildman–Crippen MR) is 97.5 cm³/mol.